The van der Waals surface area contributed by atoms with Gasteiger partial charge in [-0.15, -0.1) is 0 Å². The molecule has 0 atom stereocenters. The van der Waals surface area contributed by atoms with Crippen LogP contribution in [0.15, 0.2) is 35.2 Å². The number of carbonyl (C=O) groups is 2. The third-order valence-corrected chi connectivity index (χ3v) is 9.82. The van der Waals surface area contributed by atoms with Crippen LogP contribution < -0.4 is 10.2 Å². The predicted molar refractivity (Wildman–Crippen MR) is 151 cm³/mol. The van der Waals surface area contributed by atoms with E-state index < -0.39 is 9.84 Å². The molecule has 1 saturated carbocycles. The van der Waals surface area contributed by atoms with Crippen LogP contribution in [0.4, 0.5) is 16.8 Å². The van der Waals surface area contributed by atoms with Gasteiger partial charge in [-0.3, -0.25) is 14.5 Å². The largest absolute Gasteiger partial charge is 0.334 e. The van der Waals surface area contributed by atoms with E-state index in [2.05, 4.69) is 15.3 Å². The number of nitrogens with one attached hydrogen (secondary N) is 1. The standard InChI is InChI=1S/C28H31N5O4S2/c1-17-26(38-28(29-17)31-22-6-5-7-23(30-22)33-12-4-3-8-24(33)34)19-14-20-16-32(13-11-18-9-10-18)27(35)25(20)21(15-19)39(2,36)37/h5-7,14-15,18H,3-4,8-13,16H2,1-2H3,(H,29,30,31). The number of anilines is 3. The Morgan fingerprint density at radius 1 is 1.13 bits per heavy atom. The monoisotopic (exact) mass is 565 g/mol. The number of amides is 2. The lowest BCUT2D eigenvalue weighted by Gasteiger charge is -2.25. The summed E-state index contributed by atoms with van der Waals surface area (Å²) in [6.07, 6.45) is 6.95. The topological polar surface area (TPSA) is 113 Å². The number of hydrogen-bond acceptors (Lipinski definition) is 8. The summed E-state index contributed by atoms with van der Waals surface area (Å²) in [5.74, 6) is 1.77. The SMILES string of the molecule is Cc1nc(Nc2cccc(N3CCCCC3=O)n2)sc1-c1cc2c(c(S(C)(=O)=O)c1)C(=O)N(CCC1CC1)C2. The van der Waals surface area contributed by atoms with Gasteiger partial charge in [0, 0.05) is 32.3 Å². The maximum atomic E-state index is 13.2. The molecule has 9 nitrogen and oxygen atoms in total. The number of carbonyl (C=O) groups excluding carboxylic acids is 2. The smallest absolute Gasteiger partial charge is 0.255 e. The van der Waals surface area contributed by atoms with Crippen LogP contribution in [0.2, 0.25) is 0 Å². The summed E-state index contributed by atoms with van der Waals surface area (Å²) in [7, 11) is -3.63. The molecule has 2 amide bonds. The number of thiazole rings is 1. The Hall–Kier alpha value is -3.31. The van der Waals surface area contributed by atoms with E-state index in [-0.39, 0.29) is 16.7 Å². The molecular formula is C28H31N5O4S2. The first-order valence-corrected chi connectivity index (χ1v) is 16.1. The van der Waals surface area contributed by atoms with Crippen molar-refractivity contribution in [1.82, 2.24) is 14.9 Å². The second-order valence-corrected chi connectivity index (χ2v) is 13.7. The molecule has 39 heavy (non-hydrogen) atoms. The molecule has 11 heteroatoms. The van der Waals surface area contributed by atoms with Gasteiger partial charge in [0.2, 0.25) is 5.91 Å². The van der Waals surface area contributed by atoms with Gasteiger partial charge in [0.1, 0.15) is 11.6 Å². The van der Waals surface area contributed by atoms with E-state index in [1.165, 1.54) is 24.2 Å². The van der Waals surface area contributed by atoms with Gasteiger partial charge >= 0.3 is 0 Å². The van der Waals surface area contributed by atoms with Crippen molar-refractivity contribution in [3.8, 4) is 10.4 Å². The number of pyridine rings is 1. The number of aromatic nitrogens is 2. The number of sulfone groups is 1. The van der Waals surface area contributed by atoms with Gasteiger partial charge < -0.3 is 10.2 Å². The molecule has 1 saturated heterocycles. The van der Waals surface area contributed by atoms with Crippen LogP contribution >= 0.6 is 11.3 Å². The highest BCUT2D eigenvalue weighted by Crippen LogP contribution is 2.40. The van der Waals surface area contributed by atoms with Gasteiger partial charge in [-0.05, 0) is 67.5 Å². The number of nitrogens with zero attached hydrogens (tertiary/aromatic N) is 4. The summed E-state index contributed by atoms with van der Waals surface area (Å²) in [6.45, 7) is 3.62. The van der Waals surface area contributed by atoms with E-state index in [1.807, 2.05) is 31.2 Å². The molecule has 1 aromatic carbocycles. The first-order valence-electron chi connectivity index (χ1n) is 13.4. The Kier molecular flexibility index (Phi) is 6.66. The molecule has 3 aromatic rings. The molecule has 1 N–H and O–H groups in total. The van der Waals surface area contributed by atoms with Gasteiger partial charge in [-0.25, -0.2) is 18.4 Å². The quantitative estimate of drug-likeness (QED) is 0.412. The zero-order valence-electron chi connectivity index (χ0n) is 22.1. The third kappa shape index (κ3) is 5.29. The van der Waals surface area contributed by atoms with Crippen LogP contribution in [0.1, 0.15) is 60.1 Å². The number of piperidine rings is 1. The van der Waals surface area contributed by atoms with Crippen molar-refractivity contribution in [2.45, 2.75) is 56.9 Å². The van der Waals surface area contributed by atoms with E-state index in [4.69, 9.17) is 0 Å². The summed E-state index contributed by atoms with van der Waals surface area (Å²) in [5, 5.41) is 3.86. The van der Waals surface area contributed by atoms with Gasteiger partial charge in [-0.2, -0.15) is 0 Å². The average molecular weight is 566 g/mol. The van der Waals surface area contributed by atoms with E-state index >= 15 is 0 Å². The number of rotatable bonds is 8. The van der Waals surface area contributed by atoms with Crippen molar-refractivity contribution in [3.05, 3.63) is 47.2 Å². The molecule has 0 radical (unpaired) electrons. The lowest BCUT2D eigenvalue weighted by atomic mass is 10.0. The summed E-state index contributed by atoms with van der Waals surface area (Å²) in [4.78, 5) is 39.3. The fourth-order valence-electron chi connectivity index (χ4n) is 5.34. The first-order chi connectivity index (χ1) is 18.7. The van der Waals surface area contributed by atoms with E-state index in [9.17, 15) is 18.0 Å². The van der Waals surface area contributed by atoms with Gasteiger partial charge in [-0.1, -0.05) is 30.2 Å². The molecule has 0 spiro atoms. The van der Waals surface area contributed by atoms with Gasteiger partial charge in [0.15, 0.2) is 15.0 Å². The Morgan fingerprint density at radius 3 is 2.69 bits per heavy atom. The van der Waals surface area contributed by atoms with Crippen molar-refractivity contribution in [2.24, 2.45) is 5.92 Å². The molecule has 0 bridgehead atoms. The minimum Gasteiger partial charge on any atom is -0.334 e. The molecular weight excluding hydrogens is 534 g/mol. The number of hydrogen-bond donors (Lipinski definition) is 1. The van der Waals surface area contributed by atoms with Crippen molar-refractivity contribution in [3.63, 3.8) is 0 Å². The van der Waals surface area contributed by atoms with Crippen LogP contribution in [0, 0.1) is 12.8 Å². The fourth-order valence-corrected chi connectivity index (χ4v) is 7.23. The minimum atomic E-state index is -3.63. The van der Waals surface area contributed by atoms with Crippen LogP contribution in [0.25, 0.3) is 10.4 Å². The van der Waals surface area contributed by atoms with Crippen LogP contribution in [-0.2, 0) is 21.2 Å². The Labute approximate surface area is 232 Å². The maximum absolute atomic E-state index is 13.2. The molecule has 3 aliphatic rings. The fraction of sp³-hybridized carbons (Fsp3) is 0.429. The first kappa shape index (κ1) is 25.9. The lowest BCUT2D eigenvalue weighted by molar-refractivity contribution is -0.119. The van der Waals surface area contributed by atoms with Crippen molar-refractivity contribution < 1.29 is 18.0 Å². The van der Waals surface area contributed by atoms with Crippen LogP contribution in [-0.4, -0.2) is 54.4 Å². The molecule has 204 valence electrons. The summed E-state index contributed by atoms with van der Waals surface area (Å²) in [5.41, 5.74) is 2.54. The van der Waals surface area contributed by atoms with Crippen LogP contribution in [0.3, 0.4) is 0 Å². The minimum absolute atomic E-state index is 0.0804. The zero-order valence-corrected chi connectivity index (χ0v) is 23.7. The third-order valence-electron chi connectivity index (χ3n) is 7.58. The summed E-state index contributed by atoms with van der Waals surface area (Å²) in [6, 6.07) is 9.07. The number of fused-ring (bicyclic) bond motifs is 1. The number of benzene rings is 1. The lowest BCUT2D eigenvalue weighted by Crippen LogP contribution is -2.35. The highest BCUT2D eigenvalue weighted by atomic mass is 32.2. The molecule has 4 heterocycles. The Bertz CT molecular complexity index is 1580. The predicted octanol–water partition coefficient (Wildman–Crippen LogP) is 4.93. The van der Waals surface area contributed by atoms with E-state index in [1.54, 1.807) is 15.9 Å². The molecule has 2 aliphatic heterocycles. The van der Waals surface area contributed by atoms with E-state index in [0.717, 1.165) is 47.2 Å². The Balaban J connectivity index is 1.29. The molecule has 2 aromatic heterocycles. The van der Waals surface area contributed by atoms with Crippen molar-refractivity contribution >= 4 is 49.8 Å². The van der Waals surface area contributed by atoms with Gasteiger partial charge in [0.25, 0.3) is 5.91 Å². The summed E-state index contributed by atoms with van der Waals surface area (Å²) >= 11 is 1.40. The van der Waals surface area contributed by atoms with Crippen LogP contribution in [0.5, 0.6) is 0 Å². The van der Waals surface area contributed by atoms with Crippen molar-refractivity contribution in [1.29, 1.82) is 0 Å². The van der Waals surface area contributed by atoms with E-state index in [0.29, 0.717) is 54.3 Å². The second kappa shape index (κ2) is 10.0. The number of aryl methyl sites for hydroxylation is 1. The normalized spacial score (nSPS) is 17.6. The summed E-state index contributed by atoms with van der Waals surface area (Å²) < 4.78 is 25.6. The maximum Gasteiger partial charge on any atom is 0.255 e. The Morgan fingerprint density at radius 2 is 1.95 bits per heavy atom. The molecule has 1 aliphatic carbocycles. The highest BCUT2D eigenvalue weighted by Gasteiger charge is 2.35. The highest BCUT2D eigenvalue weighted by molar-refractivity contribution is 7.90. The second-order valence-electron chi connectivity index (χ2n) is 10.7. The zero-order chi connectivity index (χ0) is 27.3. The molecule has 2 fully saturated rings. The van der Waals surface area contributed by atoms with Crippen molar-refractivity contribution in [2.75, 3.05) is 29.6 Å². The molecule has 0 unspecified atom stereocenters. The average Bonchev–Trinajstić information content (AvgIpc) is 3.58. The van der Waals surface area contributed by atoms with Gasteiger partial charge in [0.05, 0.1) is 21.0 Å². The molecule has 6 rings (SSSR count).